The molecule has 1 rings (SSSR count). The summed E-state index contributed by atoms with van der Waals surface area (Å²) in [6, 6.07) is 3.59. The summed E-state index contributed by atoms with van der Waals surface area (Å²) in [5.74, 6) is -0.0244. The molecule has 6 heteroatoms. The van der Waals surface area contributed by atoms with Crippen molar-refractivity contribution in [2.24, 2.45) is 10.9 Å². The number of rotatable bonds is 6. The average molecular weight is 239 g/mol. The van der Waals surface area contributed by atoms with E-state index in [1.165, 1.54) is 0 Å². The first kappa shape index (κ1) is 13.4. The predicted molar refractivity (Wildman–Crippen MR) is 62.9 cm³/mol. The van der Waals surface area contributed by atoms with Gasteiger partial charge in [-0.25, -0.2) is 0 Å². The van der Waals surface area contributed by atoms with Gasteiger partial charge < -0.3 is 20.4 Å². The number of nitrogens with two attached hydrogens (primary N) is 1. The second kappa shape index (κ2) is 6.82. The summed E-state index contributed by atoms with van der Waals surface area (Å²) in [5, 5.41) is 11.6. The van der Waals surface area contributed by atoms with E-state index in [-0.39, 0.29) is 11.9 Å². The quantitative estimate of drug-likeness (QED) is 0.330. The monoisotopic (exact) mass is 239 g/mol. The fraction of sp³-hybridized carbons (Fsp3) is 0.455. The molecular weight excluding hydrogens is 222 g/mol. The Morgan fingerprint density at radius 3 is 3.06 bits per heavy atom. The van der Waals surface area contributed by atoms with Gasteiger partial charge in [-0.15, -0.1) is 0 Å². The Labute approximate surface area is 100 Å². The summed E-state index contributed by atoms with van der Waals surface area (Å²) < 4.78 is 10.5. The van der Waals surface area contributed by atoms with Crippen LogP contribution in [0.4, 0.5) is 0 Å². The Bertz CT molecular complexity index is 382. The van der Waals surface area contributed by atoms with Gasteiger partial charge in [-0.1, -0.05) is 11.2 Å². The molecule has 1 unspecified atom stereocenters. The Balaban J connectivity index is 2.71. The lowest BCUT2D eigenvalue weighted by atomic mass is 10.2. The van der Waals surface area contributed by atoms with Crippen molar-refractivity contribution < 1.29 is 14.7 Å². The maximum Gasteiger partial charge on any atom is 0.189 e. The van der Waals surface area contributed by atoms with Gasteiger partial charge in [0.1, 0.15) is 5.69 Å². The van der Waals surface area contributed by atoms with Crippen LogP contribution >= 0.6 is 0 Å². The smallest absolute Gasteiger partial charge is 0.189 e. The number of hydrogen-bond acceptors (Lipinski definition) is 5. The molecule has 17 heavy (non-hydrogen) atoms. The zero-order valence-electron chi connectivity index (χ0n) is 9.96. The summed E-state index contributed by atoms with van der Waals surface area (Å²) in [7, 11) is 1.62. The molecule has 0 aliphatic carbocycles. The van der Waals surface area contributed by atoms with E-state index in [0.29, 0.717) is 18.9 Å². The molecule has 1 heterocycles. The number of oxime groups is 1. The zero-order valence-corrected chi connectivity index (χ0v) is 9.96. The lowest BCUT2D eigenvalue weighted by Crippen LogP contribution is -2.20. The van der Waals surface area contributed by atoms with Crippen molar-refractivity contribution in [2.45, 2.75) is 19.6 Å². The zero-order chi connectivity index (χ0) is 12.7. The van der Waals surface area contributed by atoms with Gasteiger partial charge in [0, 0.05) is 18.9 Å². The van der Waals surface area contributed by atoms with Gasteiger partial charge in [0.05, 0.1) is 19.3 Å². The van der Waals surface area contributed by atoms with Crippen LogP contribution < -0.4 is 5.73 Å². The van der Waals surface area contributed by atoms with Crippen LogP contribution in [0.15, 0.2) is 23.5 Å². The number of pyridine rings is 1. The molecule has 0 radical (unpaired) electrons. The minimum absolute atomic E-state index is 0.0244. The van der Waals surface area contributed by atoms with Crippen LogP contribution in [0.3, 0.4) is 0 Å². The van der Waals surface area contributed by atoms with Gasteiger partial charge in [-0.3, -0.25) is 4.98 Å². The van der Waals surface area contributed by atoms with Crippen molar-refractivity contribution in [3.05, 3.63) is 29.6 Å². The first-order valence-corrected chi connectivity index (χ1v) is 5.21. The van der Waals surface area contributed by atoms with Gasteiger partial charge in [-0.2, -0.15) is 0 Å². The van der Waals surface area contributed by atoms with Crippen LogP contribution in [0.25, 0.3) is 0 Å². The summed E-state index contributed by atoms with van der Waals surface area (Å²) in [4.78, 5) is 4.05. The van der Waals surface area contributed by atoms with Crippen molar-refractivity contribution >= 4 is 5.84 Å². The highest BCUT2D eigenvalue weighted by Crippen LogP contribution is 2.08. The molecule has 0 aromatic carbocycles. The standard InChI is InChI=1S/C11H17N3O3/c1-8(6-16-2)17-7-9-4-3-5-13-10(9)11(12)14-15/h3-5,8,15H,6-7H2,1-2H3,(H2,12,14). The van der Waals surface area contributed by atoms with Crippen LogP contribution in [0.1, 0.15) is 18.2 Å². The number of ether oxygens (including phenoxy) is 2. The lowest BCUT2D eigenvalue weighted by molar-refractivity contribution is -0.000275. The van der Waals surface area contributed by atoms with Gasteiger partial charge in [0.15, 0.2) is 5.84 Å². The van der Waals surface area contributed by atoms with Crippen LogP contribution in [0.5, 0.6) is 0 Å². The fourth-order valence-electron chi connectivity index (χ4n) is 1.35. The second-order valence-electron chi connectivity index (χ2n) is 3.57. The molecule has 0 amide bonds. The molecule has 0 aliphatic rings. The molecule has 0 aliphatic heterocycles. The largest absolute Gasteiger partial charge is 0.409 e. The first-order valence-electron chi connectivity index (χ1n) is 5.21. The van der Waals surface area contributed by atoms with Gasteiger partial charge in [-0.05, 0) is 13.0 Å². The van der Waals surface area contributed by atoms with Crippen LogP contribution in [-0.4, -0.2) is 35.8 Å². The van der Waals surface area contributed by atoms with Gasteiger partial charge in [0.2, 0.25) is 0 Å². The summed E-state index contributed by atoms with van der Waals surface area (Å²) in [6.07, 6.45) is 1.55. The Kier molecular flexibility index (Phi) is 5.38. The van der Waals surface area contributed by atoms with Crippen molar-refractivity contribution in [2.75, 3.05) is 13.7 Å². The number of aromatic nitrogens is 1. The number of methoxy groups -OCH3 is 1. The molecule has 0 bridgehead atoms. The predicted octanol–water partition coefficient (Wildman–Crippen LogP) is 0.728. The minimum Gasteiger partial charge on any atom is -0.409 e. The molecule has 1 aromatic heterocycles. The summed E-state index contributed by atoms with van der Waals surface area (Å²) in [6.45, 7) is 2.76. The second-order valence-corrected chi connectivity index (χ2v) is 3.57. The lowest BCUT2D eigenvalue weighted by Gasteiger charge is -2.13. The molecule has 0 saturated carbocycles. The minimum atomic E-state index is -0.0275. The highest BCUT2D eigenvalue weighted by Gasteiger charge is 2.09. The van der Waals surface area contributed by atoms with Crippen LogP contribution in [-0.2, 0) is 16.1 Å². The molecule has 0 saturated heterocycles. The summed E-state index contributed by atoms with van der Waals surface area (Å²) >= 11 is 0. The number of hydrogen-bond donors (Lipinski definition) is 2. The van der Waals surface area contributed by atoms with E-state index in [9.17, 15) is 0 Å². The third-order valence-corrected chi connectivity index (χ3v) is 2.17. The highest BCUT2D eigenvalue weighted by atomic mass is 16.5. The first-order chi connectivity index (χ1) is 8.19. The SMILES string of the molecule is COCC(C)OCc1cccnc1C(N)=NO. The Morgan fingerprint density at radius 1 is 1.65 bits per heavy atom. The van der Waals surface area contributed by atoms with Crippen LogP contribution in [0, 0.1) is 0 Å². The van der Waals surface area contributed by atoms with Gasteiger partial charge >= 0.3 is 0 Å². The fourth-order valence-corrected chi connectivity index (χ4v) is 1.35. The molecule has 3 N–H and O–H groups in total. The Hall–Kier alpha value is -1.66. The average Bonchev–Trinajstić information content (AvgIpc) is 2.36. The third-order valence-electron chi connectivity index (χ3n) is 2.17. The van der Waals surface area contributed by atoms with E-state index in [4.69, 9.17) is 20.4 Å². The molecule has 6 nitrogen and oxygen atoms in total. The van der Waals surface area contributed by atoms with Crippen molar-refractivity contribution in [1.82, 2.24) is 4.98 Å². The van der Waals surface area contributed by atoms with E-state index in [0.717, 1.165) is 5.56 Å². The maximum atomic E-state index is 8.64. The van der Waals surface area contributed by atoms with Crippen molar-refractivity contribution in [1.29, 1.82) is 0 Å². The normalized spacial score (nSPS) is 13.6. The number of nitrogens with zero attached hydrogens (tertiary/aromatic N) is 2. The molecule has 94 valence electrons. The highest BCUT2D eigenvalue weighted by molar-refractivity contribution is 5.96. The summed E-state index contributed by atoms with van der Waals surface area (Å²) in [5.41, 5.74) is 6.72. The van der Waals surface area contributed by atoms with Crippen molar-refractivity contribution in [3.8, 4) is 0 Å². The van der Waals surface area contributed by atoms with Crippen molar-refractivity contribution in [3.63, 3.8) is 0 Å². The third kappa shape index (κ3) is 4.01. The van der Waals surface area contributed by atoms with E-state index >= 15 is 0 Å². The molecule has 0 spiro atoms. The van der Waals surface area contributed by atoms with E-state index < -0.39 is 0 Å². The van der Waals surface area contributed by atoms with Crippen LogP contribution in [0.2, 0.25) is 0 Å². The molecule has 1 aromatic rings. The molecular formula is C11H17N3O3. The van der Waals surface area contributed by atoms with E-state index in [2.05, 4.69) is 10.1 Å². The maximum absolute atomic E-state index is 8.64. The molecule has 1 atom stereocenters. The van der Waals surface area contributed by atoms with E-state index in [1.54, 1.807) is 19.4 Å². The van der Waals surface area contributed by atoms with Gasteiger partial charge in [0.25, 0.3) is 0 Å². The van der Waals surface area contributed by atoms with E-state index in [1.807, 2.05) is 13.0 Å². The Morgan fingerprint density at radius 2 is 2.41 bits per heavy atom. The number of amidine groups is 1. The topological polar surface area (TPSA) is 90.0 Å². The molecule has 0 fully saturated rings.